The number of hydrogen-bond acceptors (Lipinski definition) is 6. The molecule has 8 nitrogen and oxygen atoms in total. The van der Waals surface area contributed by atoms with Crippen LogP contribution in [0.2, 0.25) is 0 Å². The summed E-state index contributed by atoms with van der Waals surface area (Å²) < 4.78 is 10.8. The van der Waals surface area contributed by atoms with E-state index in [1.807, 2.05) is 24.3 Å². The van der Waals surface area contributed by atoms with Crippen molar-refractivity contribution in [3.05, 3.63) is 65.5 Å². The number of amides is 3. The molecule has 4 rings (SSSR count). The zero-order chi connectivity index (χ0) is 23.1. The van der Waals surface area contributed by atoms with E-state index in [1.54, 1.807) is 38.3 Å². The van der Waals surface area contributed by atoms with Gasteiger partial charge >= 0.3 is 6.03 Å². The first-order valence-corrected chi connectivity index (χ1v) is 10.3. The van der Waals surface area contributed by atoms with Gasteiger partial charge in [0.2, 0.25) is 11.8 Å². The Morgan fingerprint density at radius 2 is 1.69 bits per heavy atom. The van der Waals surface area contributed by atoms with Crippen molar-refractivity contribution in [3.63, 3.8) is 0 Å². The van der Waals surface area contributed by atoms with Crippen molar-refractivity contribution in [1.82, 2.24) is 20.4 Å². The third-order valence-electron chi connectivity index (χ3n) is 5.70. The number of nitrogens with one attached hydrogen (secondary N) is 1. The second-order valence-electron chi connectivity index (χ2n) is 9.00. The molecule has 2 aromatic carbocycles. The van der Waals surface area contributed by atoms with Crippen LogP contribution in [0.15, 0.2) is 52.9 Å². The van der Waals surface area contributed by atoms with Gasteiger partial charge in [0, 0.05) is 5.56 Å². The van der Waals surface area contributed by atoms with Crippen molar-refractivity contribution in [2.75, 3.05) is 7.11 Å². The molecule has 166 valence electrons. The minimum atomic E-state index is -1.16. The molecule has 0 spiro atoms. The van der Waals surface area contributed by atoms with E-state index < -0.39 is 11.6 Å². The first kappa shape index (κ1) is 21.5. The van der Waals surface area contributed by atoms with E-state index in [0.717, 1.165) is 16.0 Å². The highest BCUT2D eigenvalue weighted by molar-refractivity contribution is 6.07. The number of nitrogens with zero attached hydrogens (tertiary/aromatic N) is 3. The topological polar surface area (TPSA) is 97.6 Å². The Hall–Kier alpha value is -3.68. The van der Waals surface area contributed by atoms with Crippen LogP contribution in [-0.2, 0) is 22.3 Å². The molecule has 1 fully saturated rings. The molecule has 1 atom stereocenters. The molecule has 1 aromatic heterocycles. The van der Waals surface area contributed by atoms with E-state index in [1.165, 1.54) is 0 Å². The lowest BCUT2D eigenvalue weighted by Gasteiger charge is -2.24. The zero-order valence-electron chi connectivity index (χ0n) is 18.8. The minimum Gasteiger partial charge on any atom is -0.497 e. The van der Waals surface area contributed by atoms with Gasteiger partial charge in [0.15, 0.2) is 0 Å². The summed E-state index contributed by atoms with van der Waals surface area (Å²) >= 11 is 0. The molecule has 2 heterocycles. The maximum absolute atomic E-state index is 13.2. The van der Waals surface area contributed by atoms with Gasteiger partial charge < -0.3 is 14.5 Å². The van der Waals surface area contributed by atoms with Gasteiger partial charge in [-0.15, -0.1) is 10.2 Å². The van der Waals surface area contributed by atoms with Crippen LogP contribution < -0.4 is 10.1 Å². The number of carbonyl (C=O) groups is 2. The fourth-order valence-electron chi connectivity index (χ4n) is 3.64. The van der Waals surface area contributed by atoms with Crippen molar-refractivity contribution in [3.8, 4) is 17.2 Å². The van der Waals surface area contributed by atoms with Gasteiger partial charge in [0.1, 0.15) is 17.8 Å². The number of aromatic nitrogens is 2. The monoisotopic (exact) mass is 434 g/mol. The maximum Gasteiger partial charge on any atom is 0.325 e. The summed E-state index contributed by atoms with van der Waals surface area (Å²) in [6.45, 7) is 7.97. The predicted molar refractivity (Wildman–Crippen MR) is 118 cm³/mol. The molecule has 3 aromatic rings. The first-order chi connectivity index (χ1) is 15.1. The van der Waals surface area contributed by atoms with Gasteiger partial charge in [-0.05, 0) is 47.7 Å². The van der Waals surface area contributed by atoms with Crippen LogP contribution in [0.5, 0.6) is 5.75 Å². The number of urea groups is 1. The first-order valence-electron chi connectivity index (χ1n) is 10.3. The number of hydrogen-bond donors (Lipinski definition) is 1. The normalized spacial score (nSPS) is 18.7. The lowest BCUT2D eigenvalue weighted by molar-refractivity contribution is -0.131. The largest absolute Gasteiger partial charge is 0.497 e. The average molecular weight is 434 g/mol. The maximum atomic E-state index is 13.2. The summed E-state index contributed by atoms with van der Waals surface area (Å²) in [6.07, 6.45) is 0. The molecule has 0 bridgehead atoms. The van der Waals surface area contributed by atoms with Crippen LogP contribution in [0.1, 0.15) is 44.7 Å². The van der Waals surface area contributed by atoms with Crippen molar-refractivity contribution in [2.45, 2.75) is 45.2 Å². The lowest BCUT2D eigenvalue weighted by atomic mass is 9.84. The Balaban J connectivity index is 1.52. The molecule has 0 aliphatic carbocycles. The summed E-state index contributed by atoms with van der Waals surface area (Å²) in [7, 11) is 1.59. The second-order valence-corrected chi connectivity index (χ2v) is 9.00. The number of carbonyl (C=O) groups excluding carboxylic acids is 2. The molecule has 0 saturated carbocycles. The summed E-state index contributed by atoms with van der Waals surface area (Å²) in [5.74, 6) is 0.819. The quantitative estimate of drug-likeness (QED) is 0.610. The summed E-state index contributed by atoms with van der Waals surface area (Å²) in [5, 5.41) is 10.8. The summed E-state index contributed by atoms with van der Waals surface area (Å²) in [4.78, 5) is 27.0. The Kier molecular flexibility index (Phi) is 5.24. The van der Waals surface area contributed by atoms with E-state index >= 15 is 0 Å². The molecular formula is C24H26N4O4. The molecule has 1 aliphatic rings. The van der Waals surface area contributed by atoms with E-state index in [9.17, 15) is 9.59 Å². The molecule has 3 amide bonds. The van der Waals surface area contributed by atoms with Gasteiger partial charge in [-0.3, -0.25) is 9.69 Å². The SMILES string of the molecule is COc1ccc(-c2nnc(CN3C(=O)NC(C)(c4ccc(C(C)(C)C)cc4)C3=O)o2)cc1. The molecule has 1 saturated heterocycles. The number of ether oxygens (including phenoxy) is 1. The molecule has 1 aliphatic heterocycles. The van der Waals surface area contributed by atoms with Crippen molar-refractivity contribution >= 4 is 11.9 Å². The minimum absolute atomic E-state index is 0.00600. The highest BCUT2D eigenvalue weighted by atomic mass is 16.5. The van der Waals surface area contributed by atoms with Gasteiger partial charge in [0.05, 0.1) is 7.11 Å². The highest BCUT2D eigenvalue weighted by Crippen LogP contribution is 2.32. The van der Waals surface area contributed by atoms with Gasteiger partial charge in [-0.25, -0.2) is 4.79 Å². The van der Waals surface area contributed by atoms with E-state index in [-0.39, 0.29) is 23.8 Å². The fourth-order valence-corrected chi connectivity index (χ4v) is 3.64. The van der Waals surface area contributed by atoms with E-state index in [4.69, 9.17) is 9.15 Å². The number of rotatable bonds is 5. The molecule has 32 heavy (non-hydrogen) atoms. The molecule has 1 N–H and O–H groups in total. The van der Waals surface area contributed by atoms with Crippen LogP contribution >= 0.6 is 0 Å². The number of imide groups is 1. The Labute approximate surface area is 186 Å². The van der Waals surface area contributed by atoms with Crippen LogP contribution in [0.4, 0.5) is 4.79 Å². The van der Waals surface area contributed by atoms with Gasteiger partial charge in [0.25, 0.3) is 5.91 Å². The van der Waals surface area contributed by atoms with Crippen LogP contribution in [-0.4, -0.2) is 34.1 Å². The molecule has 1 unspecified atom stereocenters. The summed E-state index contributed by atoms with van der Waals surface area (Å²) in [5.41, 5.74) is 1.41. The average Bonchev–Trinajstić information content (AvgIpc) is 3.32. The Morgan fingerprint density at radius 3 is 2.28 bits per heavy atom. The Bertz CT molecular complexity index is 1150. The smallest absolute Gasteiger partial charge is 0.325 e. The van der Waals surface area contributed by atoms with E-state index in [2.05, 4.69) is 36.3 Å². The van der Waals surface area contributed by atoms with Crippen molar-refractivity contribution < 1.29 is 18.7 Å². The molecule has 0 radical (unpaired) electrons. The van der Waals surface area contributed by atoms with E-state index in [0.29, 0.717) is 17.2 Å². The van der Waals surface area contributed by atoms with Crippen molar-refractivity contribution in [2.24, 2.45) is 0 Å². The predicted octanol–water partition coefficient (Wildman–Crippen LogP) is 4.01. The molecule has 8 heteroatoms. The van der Waals surface area contributed by atoms with Crippen LogP contribution in [0, 0.1) is 0 Å². The lowest BCUT2D eigenvalue weighted by Crippen LogP contribution is -2.40. The Morgan fingerprint density at radius 1 is 1.03 bits per heavy atom. The third-order valence-corrected chi connectivity index (χ3v) is 5.70. The zero-order valence-corrected chi connectivity index (χ0v) is 18.8. The number of benzene rings is 2. The second kappa shape index (κ2) is 7.78. The molecular weight excluding hydrogens is 408 g/mol. The number of methoxy groups -OCH3 is 1. The fraction of sp³-hybridized carbons (Fsp3) is 0.333. The van der Waals surface area contributed by atoms with Crippen LogP contribution in [0.3, 0.4) is 0 Å². The standard InChI is InChI=1S/C24H26N4O4/c1-23(2,3)16-8-10-17(11-9-16)24(4)21(29)28(22(30)25-24)14-19-26-27-20(32-19)15-6-12-18(31-5)13-7-15/h6-13H,14H2,1-5H3,(H,25,30). The van der Waals surface area contributed by atoms with Gasteiger partial charge in [-0.1, -0.05) is 45.0 Å². The van der Waals surface area contributed by atoms with Crippen molar-refractivity contribution in [1.29, 1.82) is 0 Å². The third kappa shape index (κ3) is 3.84. The highest BCUT2D eigenvalue weighted by Gasteiger charge is 2.49. The van der Waals surface area contributed by atoms with Gasteiger partial charge in [-0.2, -0.15) is 0 Å². The van der Waals surface area contributed by atoms with Crippen LogP contribution in [0.25, 0.3) is 11.5 Å². The summed E-state index contributed by atoms with van der Waals surface area (Å²) in [6, 6.07) is 14.4.